The van der Waals surface area contributed by atoms with Gasteiger partial charge in [0.2, 0.25) is 0 Å². The van der Waals surface area contributed by atoms with Gasteiger partial charge in [0.15, 0.2) is 0 Å². The molecule has 1 amide bonds. The summed E-state index contributed by atoms with van der Waals surface area (Å²) in [6.45, 7) is 6.65. The molecule has 6 heteroatoms. The summed E-state index contributed by atoms with van der Waals surface area (Å²) in [4.78, 5) is 11.8. The van der Waals surface area contributed by atoms with Gasteiger partial charge in [-0.3, -0.25) is 10.1 Å². The van der Waals surface area contributed by atoms with E-state index in [1.165, 1.54) is 17.1 Å². The molecule has 0 spiro atoms. The number of carbonyl (C=O) groups excluding carboxylic acids is 1. The first-order valence-corrected chi connectivity index (χ1v) is 5.69. The number of nitrogens with one attached hydrogen (secondary N) is 1. The molecule has 1 unspecified atom stereocenters. The molecule has 1 aliphatic rings. The van der Waals surface area contributed by atoms with Crippen molar-refractivity contribution in [1.82, 2.24) is 14.8 Å². The predicted molar refractivity (Wildman–Crippen MR) is 57.6 cm³/mol. The van der Waals surface area contributed by atoms with Crippen molar-refractivity contribution in [1.29, 1.82) is 0 Å². The van der Waals surface area contributed by atoms with Crippen molar-refractivity contribution < 1.29 is 4.79 Å². The lowest BCUT2D eigenvalue weighted by Crippen LogP contribution is -2.66. The maximum Gasteiger partial charge on any atom is 0.269 e. The van der Waals surface area contributed by atoms with Crippen LogP contribution in [0.2, 0.25) is 0 Å². The number of hydrazine groups is 2. The van der Waals surface area contributed by atoms with Crippen LogP contribution < -0.4 is 11.2 Å². The number of hydrogen-bond acceptors (Lipinski definition) is 5. The zero-order chi connectivity index (χ0) is 10.9. The first-order valence-electron chi connectivity index (χ1n) is 4.51. The third kappa shape index (κ3) is 2.20. The van der Waals surface area contributed by atoms with Crippen molar-refractivity contribution in [2.45, 2.75) is 26.8 Å². The first-order chi connectivity index (χ1) is 6.38. The highest BCUT2D eigenvalue weighted by Gasteiger charge is 2.39. The van der Waals surface area contributed by atoms with Gasteiger partial charge in [-0.2, -0.15) is 5.12 Å². The minimum absolute atomic E-state index is 0.0851. The molecule has 1 saturated heterocycles. The fourth-order valence-corrected chi connectivity index (χ4v) is 1.86. The van der Waals surface area contributed by atoms with Crippen molar-refractivity contribution in [3.05, 3.63) is 0 Å². The van der Waals surface area contributed by atoms with Crippen molar-refractivity contribution in [3.63, 3.8) is 0 Å². The van der Waals surface area contributed by atoms with Gasteiger partial charge in [-0.25, -0.2) is 5.84 Å². The van der Waals surface area contributed by atoms with E-state index >= 15 is 0 Å². The van der Waals surface area contributed by atoms with E-state index in [1.54, 1.807) is 4.41 Å². The summed E-state index contributed by atoms with van der Waals surface area (Å²) >= 11 is 1.42. The Labute approximate surface area is 89.1 Å². The summed E-state index contributed by atoms with van der Waals surface area (Å²) in [5.74, 6) is 5.58. The highest BCUT2D eigenvalue weighted by molar-refractivity contribution is 7.96. The van der Waals surface area contributed by atoms with E-state index in [4.69, 9.17) is 5.84 Å². The standard InChI is InChI=1S/C8H18N4OS/c1-8(2,3)6-7(13)12(9)11(14-4)5-10-6/h6,10H,5,9H2,1-4H3. The Morgan fingerprint density at radius 3 is 2.57 bits per heavy atom. The van der Waals surface area contributed by atoms with Gasteiger partial charge in [0.05, 0.1) is 12.7 Å². The van der Waals surface area contributed by atoms with Gasteiger partial charge >= 0.3 is 0 Å². The smallest absolute Gasteiger partial charge is 0.269 e. The number of hydrogen-bond donors (Lipinski definition) is 2. The summed E-state index contributed by atoms with van der Waals surface area (Å²) in [6, 6.07) is -0.212. The van der Waals surface area contributed by atoms with Gasteiger partial charge in [-0.1, -0.05) is 32.7 Å². The maximum atomic E-state index is 11.8. The Bertz CT molecular complexity index is 228. The molecule has 5 nitrogen and oxygen atoms in total. The molecule has 0 bridgehead atoms. The summed E-state index contributed by atoms with van der Waals surface area (Å²) in [7, 11) is 0. The molecule has 1 rings (SSSR count). The van der Waals surface area contributed by atoms with E-state index in [0.29, 0.717) is 6.67 Å². The Hall–Kier alpha value is -0.300. The number of nitrogens with zero attached hydrogens (tertiary/aromatic N) is 2. The van der Waals surface area contributed by atoms with Crippen LogP contribution in [0.25, 0.3) is 0 Å². The van der Waals surface area contributed by atoms with E-state index in [1.807, 2.05) is 27.0 Å². The lowest BCUT2D eigenvalue weighted by molar-refractivity contribution is -0.153. The lowest BCUT2D eigenvalue weighted by atomic mass is 9.86. The fourth-order valence-electron chi connectivity index (χ4n) is 1.40. The van der Waals surface area contributed by atoms with Crippen LogP contribution >= 0.6 is 11.9 Å². The maximum absolute atomic E-state index is 11.8. The Morgan fingerprint density at radius 2 is 2.14 bits per heavy atom. The summed E-state index contributed by atoms with van der Waals surface area (Å²) in [5.41, 5.74) is -0.112. The Kier molecular flexibility index (Phi) is 3.41. The van der Waals surface area contributed by atoms with Crippen LogP contribution in [0.3, 0.4) is 0 Å². The number of rotatable bonds is 1. The highest BCUT2D eigenvalue weighted by atomic mass is 32.2. The average Bonchev–Trinajstić information content (AvgIpc) is 2.07. The zero-order valence-electron chi connectivity index (χ0n) is 9.07. The van der Waals surface area contributed by atoms with E-state index in [0.717, 1.165) is 0 Å². The van der Waals surface area contributed by atoms with Crippen molar-refractivity contribution in [3.8, 4) is 0 Å². The summed E-state index contributed by atoms with van der Waals surface area (Å²) in [6.07, 6.45) is 1.88. The average molecular weight is 218 g/mol. The van der Waals surface area contributed by atoms with Gasteiger partial charge in [0.1, 0.15) is 0 Å². The van der Waals surface area contributed by atoms with Gasteiger partial charge in [0.25, 0.3) is 5.91 Å². The molecule has 0 aromatic rings. The first kappa shape index (κ1) is 11.8. The fraction of sp³-hybridized carbons (Fsp3) is 0.875. The van der Waals surface area contributed by atoms with Crippen LogP contribution in [0, 0.1) is 5.41 Å². The zero-order valence-corrected chi connectivity index (χ0v) is 9.89. The second-order valence-electron chi connectivity index (χ2n) is 4.38. The predicted octanol–water partition coefficient (Wildman–Crippen LogP) is 0.159. The molecule has 82 valence electrons. The van der Waals surface area contributed by atoms with Crippen LogP contribution in [0.1, 0.15) is 20.8 Å². The van der Waals surface area contributed by atoms with E-state index < -0.39 is 0 Å². The van der Waals surface area contributed by atoms with Gasteiger partial charge in [-0.15, -0.1) is 4.41 Å². The van der Waals surface area contributed by atoms with E-state index in [-0.39, 0.29) is 17.4 Å². The second kappa shape index (κ2) is 4.06. The topological polar surface area (TPSA) is 61.6 Å². The van der Waals surface area contributed by atoms with Gasteiger partial charge < -0.3 is 0 Å². The molecule has 1 atom stereocenters. The number of amides is 1. The molecule has 14 heavy (non-hydrogen) atoms. The van der Waals surface area contributed by atoms with Gasteiger partial charge in [-0.05, 0) is 11.7 Å². The molecule has 0 saturated carbocycles. The third-order valence-corrected chi connectivity index (χ3v) is 2.95. The molecule has 0 aromatic carbocycles. The van der Waals surface area contributed by atoms with Crippen LogP contribution in [-0.2, 0) is 4.79 Å². The molecule has 0 aromatic heterocycles. The van der Waals surface area contributed by atoms with Crippen LogP contribution in [0.4, 0.5) is 0 Å². The Morgan fingerprint density at radius 1 is 1.57 bits per heavy atom. The number of carbonyl (C=O) groups is 1. The van der Waals surface area contributed by atoms with Gasteiger partial charge in [0, 0.05) is 0 Å². The summed E-state index contributed by atoms with van der Waals surface area (Å²) < 4.78 is 1.69. The molecule has 1 fully saturated rings. The quantitative estimate of drug-likeness (QED) is 0.373. The SMILES string of the molecule is CSN1CNC(C(C)(C)C)C(=O)N1N. The van der Waals surface area contributed by atoms with E-state index in [2.05, 4.69) is 5.32 Å². The number of nitrogens with two attached hydrogens (primary N) is 1. The minimum atomic E-state index is -0.212. The molecule has 0 radical (unpaired) electrons. The van der Waals surface area contributed by atoms with Crippen LogP contribution in [0.15, 0.2) is 0 Å². The third-order valence-electron chi connectivity index (χ3n) is 2.22. The highest BCUT2D eigenvalue weighted by Crippen LogP contribution is 2.24. The molecular formula is C8H18N4OS. The molecule has 3 N–H and O–H groups in total. The normalized spacial score (nSPS) is 25.6. The molecule has 1 aliphatic heterocycles. The van der Waals surface area contributed by atoms with Crippen molar-refractivity contribution >= 4 is 17.9 Å². The monoisotopic (exact) mass is 218 g/mol. The minimum Gasteiger partial charge on any atom is -0.290 e. The lowest BCUT2D eigenvalue weighted by Gasteiger charge is -2.42. The summed E-state index contributed by atoms with van der Waals surface area (Å²) in [5, 5.41) is 4.37. The van der Waals surface area contributed by atoms with Crippen molar-refractivity contribution in [2.24, 2.45) is 11.3 Å². The van der Waals surface area contributed by atoms with E-state index in [9.17, 15) is 4.79 Å². The van der Waals surface area contributed by atoms with Crippen LogP contribution in [-0.4, -0.2) is 34.4 Å². The second-order valence-corrected chi connectivity index (χ2v) is 5.17. The molecular weight excluding hydrogens is 200 g/mol. The van der Waals surface area contributed by atoms with Crippen LogP contribution in [0.5, 0.6) is 0 Å². The Balaban J connectivity index is 2.74. The molecule has 1 heterocycles. The largest absolute Gasteiger partial charge is 0.290 e. The molecule has 0 aliphatic carbocycles. The van der Waals surface area contributed by atoms with Crippen molar-refractivity contribution in [2.75, 3.05) is 12.9 Å².